The van der Waals surface area contributed by atoms with Gasteiger partial charge in [0.1, 0.15) is 16.3 Å². The van der Waals surface area contributed by atoms with Gasteiger partial charge in [-0.15, -0.1) is 10.2 Å². The number of methoxy groups -OCH3 is 1. The Balaban J connectivity index is 2.46. The summed E-state index contributed by atoms with van der Waals surface area (Å²) in [5, 5.41) is 8.73. The Morgan fingerprint density at radius 2 is 2.21 bits per heavy atom. The Kier molecular flexibility index (Phi) is 2.45. The maximum absolute atomic E-state index is 5.24. The predicted octanol–water partition coefficient (Wildman–Crippen LogP) is 2.52. The van der Waals surface area contributed by atoms with Gasteiger partial charge < -0.3 is 4.74 Å². The second-order valence-corrected chi connectivity index (χ2v) is 3.76. The Hall–Kier alpha value is -1.42. The third kappa shape index (κ3) is 1.61. The van der Waals surface area contributed by atoms with Crippen molar-refractivity contribution in [2.45, 2.75) is 6.92 Å². The second-order valence-electron chi connectivity index (χ2n) is 2.93. The third-order valence-corrected chi connectivity index (χ3v) is 2.76. The highest BCUT2D eigenvalue weighted by molar-refractivity contribution is 7.12. The molecule has 0 saturated heterocycles. The summed E-state index contributed by atoms with van der Waals surface area (Å²) < 4.78 is 5.24. The maximum atomic E-state index is 5.24. The van der Waals surface area contributed by atoms with Crippen LogP contribution < -0.4 is 4.74 Å². The molecule has 4 heteroatoms. The molecular weight excluding hydrogens is 196 g/mol. The molecule has 0 fully saturated rings. The molecule has 72 valence electrons. The number of hydrogen-bond donors (Lipinski definition) is 0. The average Bonchev–Trinajstić information content (AvgIpc) is 2.71. The van der Waals surface area contributed by atoms with Crippen molar-refractivity contribution in [2.24, 2.45) is 0 Å². The van der Waals surface area contributed by atoms with Crippen molar-refractivity contribution in [1.82, 2.24) is 10.2 Å². The van der Waals surface area contributed by atoms with Gasteiger partial charge in [0, 0.05) is 5.56 Å². The summed E-state index contributed by atoms with van der Waals surface area (Å²) >= 11 is 1.52. The van der Waals surface area contributed by atoms with Gasteiger partial charge in [-0.25, -0.2) is 0 Å². The molecule has 0 unspecified atom stereocenters. The largest absolute Gasteiger partial charge is 0.496 e. The molecule has 0 amide bonds. The van der Waals surface area contributed by atoms with E-state index in [1.54, 1.807) is 12.6 Å². The van der Waals surface area contributed by atoms with E-state index in [1.807, 2.05) is 25.1 Å². The normalized spacial score (nSPS) is 10.1. The minimum absolute atomic E-state index is 0.887. The molecule has 0 aliphatic carbocycles. The smallest absolute Gasteiger partial charge is 0.147 e. The van der Waals surface area contributed by atoms with Crippen molar-refractivity contribution in [3.8, 4) is 16.3 Å². The summed E-state index contributed by atoms with van der Waals surface area (Å²) in [4.78, 5) is 0. The van der Waals surface area contributed by atoms with Crippen LogP contribution in [0.4, 0.5) is 0 Å². The Morgan fingerprint density at radius 1 is 1.36 bits per heavy atom. The van der Waals surface area contributed by atoms with Gasteiger partial charge in [0.2, 0.25) is 0 Å². The Bertz CT molecular complexity index is 426. The molecule has 0 aliphatic rings. The molecule has 1 aromatic heterocycles. The molecule has 3 nitrogen and oxygen atoms in total. The van der Waals surface area contributed by atoms with Gasteiger partial charge >= 0.3 is 0 Å². The molecule has 0 saturated carbocycles. The van der Waals surface area contributed by atoms with E-state index in [-0.39, 0.29) is 0 Å². The van der Waals surface area contributed by atoms with Gasteiger partial charge in [0.25, 0.3) is 0 Å². The van der Waals surface area contributed by atoms with E-state index in [4.69, 9.17) is 4.74 Å². The van der Waals surface area contributed by atoms with Crippen LogP contribution in [0.1, 0.15) is 5.56 Å². The van der Waals surface area contributed by atoms with E-state index in [2.05, 4.69) is 10.2 Å². The first-order valence-corrected chi connectivity index (χ1v) is 5.10. The predicted molar refractivity (Wildman–Crippen MR) is 56.6 cm³/mol. The molecule has 2 aromatic rings. The van der Waals surface area contributed by atoms with Gasteiger partial charge in [0.15, 0.2) is 0 Å². The summed E-state index contributed by atoms with van der Waals surface area (Å²) in [5.41, 5.74) is 3.90. The number of aryl methyl sites for hydroxylation is 1. The molecule has 0 N–H and O–H groups in total. The van der Waals surface area contributed by atoms with Crippen molar-refractivity contribution in [3.63, 3.8) is 0 Å². The first-order chi connectivity index (χ1) is 6.81. The van der Waals surface area contributed by atoms with Crippen LogP contribution in [-0.4, -0.2) is 17.3 Å². The third-order valence-electron chi connectivity index (χ3n) is 2.02. The first-order valence-electron chi connectivity index (χ1n) is 4.22. The Labute approximate surface area is 86.4 Å². The standard InChI is InChI=1S/C10H10N2OS/c1-7-3-4-8(5-9(7)13-2)10-12-11-6-14-10/h3-6H,1-2H3. The van der Waals surface area contributed by atoms with Crippen LogP contribution in [0.2, 0.25) is 0 Å². The van der Waals surface area contributed by atoms with Gasteiger partial charge in [-0.05, 0) is 18.6 Å². The van der Waals surface area contributed by atoms with Gasteiger partial charge in [-0.3, -0.25) is 0 Å². The zero-order valence-electron chi connectivity index (χ0n) is 8.02. The molecular formula is C10H10N2OS. The number of nitrogens with zero attached hydrogens (tertiary/aromatic N) is 2. The van der Waals surface area contributed by atoms with Crippen molar-refractivity contribution in [1.29, 1.82) is 0 Å². The minimum Gasteiger partial charge on any atom is -0.496 e. The lowest BCUT2D eigenvalue weighted by atomic mass is 10.1. The first kappa shape index (κ1) is 9.15. The molecule has 14 heavy (non-hydrogen) atoms. The fourth-order valence-electron chi connectivity index (χ4n) is 1.25. The number of benzene rings is 1. The molecule has 1 heterocycles. The number of rotatable bonds is 2. The molecule has 0 aliphatic heterocycles. The highest BCUT2D eigenvalue weighted by Gasteiger charge is 2.04. The fourth-order valence-corrected chi connectivity index (χ4v) is 1.80. The van der Waals surface area contributed by atoms with E-state index < -0.39 is 0 Å². The van der Waals surface area contributed by atoms with E-state index in [1.165, 1.54) is 11.3 Å². The fraction of sp³-hybridized carbons (Fsp3) is 0.200. The summed E-state index contributed by atoms with van der Waals surface area (Å²) in [5.74, 6) is 0.887. The van der Waals surface area contributed by atoms with Crippen molar-refractivity contribution in [3.05, 3.63) is 29.3 Å². The summed E-state index contributed by atoms with van der Waals surface area (Å²) in [6.07, 6.45) is 0. The van der Waals surface area contributed by atoms with Crippen molar-refractivity contribution >= 4 is 11.3 Å². The number of hydrogen-bond acceptors (Lipinski definition) is 4. The van der Waals surface area contributed by atoms with Crippen LogP contribution in [0.25, 0.3) is 10.6 Å². The second kappa shape index (κ2) is 3.75. The lowest BCUT2D eigenvalue weighted by Crippen LogP contribution is -1.87. The SMILES string of the molecule is COc1cc(-c2nncs2)ccc1C. The molecule has 1 aromatic carbocycles. The van der Waals surface area contributed by atoms with Crippen LogP contribution in [0.15, 0.2) is 23.7 Å². The number of ether oxygens (including phenoxy) is 1. The van der Waals surface area contributed by atoms with Crippen LogP contribution in [0, 0.1) is 6.92 Å². The van der Waals surface area contributed by atoms with E-state index in [0.717, 1.165) is 21.9 Å². The van der Waals surface area contributed by atoms with Gasteiger partial charge in [0.05, 0.1) is 7.11 Å². The monoisotopic (exact) mass is 206 g/mol. The zero-order valence-corrected chi connectivity index (χ0v) is 8.84. The minimum atomic E-state index is 0.887. The van der Waals surface area contributed by atoms with E-state index >= 15 is 0 Å². The maximum Gasteiger partial charge on any atom is 0.147 e. The Morgan fingerprint density at radius 3 is 2.86 bits per heavy atom. The van der Waals surface area contributed by atoms with Crippen LogP contribution in [0.5, 0.6) is 5.75 Å². The van der Waals surface area contributed by atoms with Gasteiger partial charge in [-0.1, -0.05) is 23.5 Å². The highest BCUT2D eigenvalue weighted by atomic mass is 32.1. The number of aromatic nitrogens is 2. The highest BCUT2D eigenvalue weighted by Crippen LogP contribution is 2.27. The summed E-state index contributed by atoms with van der Waals surface area (Å²) in [6.45, 7) is 2.02. The van der Waals surface area contributed by atoms with Crippen molar-refractivity contribution in [2.75, 3.05) is 7.11 Å². The molecule has 0 spiro atoms. The van der Waals surface area contributed by atoms with Crippen LogP contribution >= 0.6 is 11.3 Å². The van der Waals surface area contributed by atoms with E-state index in [9.17, 15) is 0 Å². The molecule has 0 radical (unpaired) electrons. The van der Waals surface area contributed by atoms with Gasteiger partial charge in [-0.2, -0.15) is 0 Å². The lowest BCUT2D eigenvalue weighted by molar-refractivity contribution is 0.412. The zero-order chi connectivity index (χ0) is 9.97. The topological polar surface area (TPSA) is 35.0 Å². The van der Waals surface area contributed by atoms with Crippen LogP contribution in [0.3, 0.4) is 0 Å². The molecule has 0 bridgehead atoms. The quantitative estimate of drug-likeness (QED) is 0.757. The summed E-state index contributed by atoms with van der Waals surface area (Å²) in [7, 11) is 1.67. The lowest BCUT2D eigenvalue weighted by Gasteiger charge is -2.05. The van der Waals surface area contributed by atoms with Crippen LogP contribution in [-0.2, 0) is 0 Å². The van der Waals surface area contributed by atoms with Crippen molar-refractivity contribution < 1.29 is 4.74 Å². The average molecular weight is 206 g/mol. The molecule has 2 rings (SSSR count). The van der Waals surface area contributed by atoms with E-state index in [0.29, 0.717) is 0 Å². The summed E-state index contributed by atoms with van der Waals surface area (Å²) in [6, 6.07) is 6.03. The molecule has 0 atom stereocenters.